The Morgan fingerprint density at radius 2 is 2.33 bits per heavy atom. The standard InChI is InChI=1S/C12H13ClO5/c1-5-3-7-9(13)6(10(14)12(15)16)4-8(17-2)11(7)18-5/h4-5,10,14H,3H2,1-2H3,(H,15,16). The molecule has 0 bridgehead atoms. The smallest absolute Gasteiger partial charge is 0.337 e. The minimum Gasteiger partial charge on any atom is -0.493 e. The van der Waals surface area contributed by atoms with Crippen LogP contribution in [0.3, 0.4) is 0 Å². The highest BCUT2D eigenvalue weighted by Gasteiger charge is 2.31. The van der Waals surface area contributed by atoms with Crippen LogP contribution in [0.2, 0.25) is 5.02 Å². The van der Waals surface area contributed by atoms with Gasteiger partial charge in [-0.15, -0.1) is 0 Å². The van der Waals surface area contributed by atoms with E-state index in [1.54, 1.807) is 0 Å². The van der Waals surface area contributed by atoms with Crippen LogP contribution in [0.5, 0.6) is 11.5 Å². The Bertz CT molecular complexity index is 500. The number of aliphatic hydroxyl groups is 1. The molecule has 0 amide bonds. The van der Waals surface area contributed by atoms with Gasteiger partial charge in [0.25, 0.3) is 0 Å². The van der Waals surface area contributed by atoms with Crippen LogP contribution in [0.25, 0.3) is 0 Å². The molecule has 0 radical (unpaired) electrons. The number of halogens is 1. The number of benzene rings is 1. The molecule has 2 rings (SSSR count). The number of aliphatic carboxylic acids is 1. The topological polar surface area (TPSA) is 76.0 Å². The molecule has 1 aromatic carbocycles. The Hall–Kier alpha value is -1.46. The third-order valence-corrected chi connectivity index (χ3v) is 3.31. The minimum absolute atomic E-state index is 0.0522. The van der Waals surface area contributed by atoms with E-state index in [4.69, 9.17) is 26.2 Å². The van der Waals surface area contributed by atoms with E-state index in [1.165, 1.54) is 13.2 Å². The van der Waals surface area contributed by atoms with Crippen LogP contribution in [-0.2, 0) is 11.2 Å². The second-order valence-electron chi connectivity index (χ2n) is 4.16. The van der Waals surface area contributed by atoms with Gasteiger partial charge in [0.2, 0.25) is 0 Å². The van der Waals surface area contributed by atoms with E-state index in [9.17, 15) is 9.90 Å². The number of methoxy groups -OCH3 is 1. The number of ether oxygens (including phenoxy) is 2. The maximum Gasteiger partial charge on any atom is 0.337 e. The molecule has 0 saturated carbocycles. The Labute approximate surface area is 109 Å². The van der Waals surface area contributed by atoms with Crippen molar-refractivity contribution in [3.63, 3.8) is 0 Å². The zero-order valence-corrected chi connectivity index (χ0v) is 10.7. The zero-order chi connectivity index (χ0) is 13.4. The Morgan fingerprint density at radius 3 is 2.89 bits per heavy atom. The highest BCUT2D eigenvalue weighted by Crippen LogP contribution is 2.45. The summed E-state index contributed by atoms with van der Waals surface area (Å²) in [5, 5.41) is 18.7. The molecule has 18 heavy (non-hydrogen) atoms. The predicted octanol–water partition coefficient (Wildman–Crippen LogP) is 1.79. The van der Waals surface area contributed by atoms with Gasteiger partial charge in [0.15, 0.2) is 17.6 Å². The van der Waals surface area contributed by atoms with Crippen LogP contribution in [0.4, 0.5) is 0 Å². The number of carboxylic acids is 1. The van der Waals surface area contributed by atoms with Gasteiger partial charge < -0.3 is 19.7 Å². The van der Waals surface area contributed by atoms with Crippen molar-refractivity contribution < 1.29 is 24.5 Å². The van der Waals surface area contributed by atoms with Crippen molar-refractivity contribution >= 4 is 17.6 Å². The predicted molar refractivity (Wildman–Crippen MR) is 64.4 cm³/mol. The summed E-state index contributed by atoms with van der Waals surface area (Å²) in [5.74, 6) is -0.448. The third kappa shape index (κ3) is 2.00. The third-order valence-electron chi connectivity index (χ3n) is 2.86. The quantitative estimate of drug-likeness (QED) is 0.877. The molecular formula is C12H13ClO5. The van der Waals surface area contributed by atoms with E-state index in [1.807, 2.05) is 6.92 Å². The molecule has 1 aromatic rings. The van der Waals surface area contributed by atoms with Crippen LogP contribution in [0, 0.1) is 0 Å². The Kier molecular flexibility index (Phi) is 3.36. The molecule has 2 unspecified atom stereocenters. The summed E-state index contributed by atoms with van der Waals surface area (Å²) in [6.45, 7) is 1.88. The van der Waals surface area contributed by atoms with Crippen molar-refractivity contribution in [3.8, 4) is 11.5 Å². The molecule has 1 heterocycles. The molecule has 0 aromatic heterocycles. The molecule has 5 nitrogen and oxygen atoms in total. The molecule has 0 spiro atoms. The van der Waals surface area contributed by atoms with Crippen molar-refractivity contribution in [2.24, 2.45) is 0 Å². The SMILES string of the molecule is COc1cc(C(O)C(=O)O)c(Cl)c2c1OC(C)C2. The molecule has 1 aliphatic heterocycles. The fourth-order valence-corrected chi connectivity index (χ4v) is 2.34. The lowest BCUT2D eigenvalue weighted by atomic mass is 10.0. The highest BCUT2D eigenvalue weighted by molar-refractivity contribution is 6.32. The van der Waals surface area contributed by atoms with Gasteiger partial charge in [-0.3, -0.25) is 0 Å². The van der Waals surface area contributed by atoms with Gasteiger partial charge in [0, 0.05) is 17.5 Å². The first-order chi connectivity index (χ1) is 8.45. The average molecular weight is 273 g/mol. The van der Waals surface area contributed by atoms with Crippen molar-refractivity contribution in [2.45, 2.75) is 25.6 Å². The van der Waals surface area contributed by atoms with Crippen molar-refractivity contribution in [2.75, 3.05) is 7.11 Å². The van der Waals surface area contributed by atoms with E-state index in [0.29, 0.717) is 23.5 Å². The fraction of sp³-hybridized carbons (Fsp3) is 0.417. The number of carboxylic acid groups (broad SMARTS) is 1. The van der Waals surface area contributed by atoms with Crippen LogP contribution in [0.15, 0.2) is 6.07 Å². The fourth-order valence-electron chi connectivity index (χ4n) is 2.02. The van der Waals surface area contributed by atoms with E-state index in [-0.39, 0.29) is 16.7 Å². The van der Waals surface area contributed by atoms with Crippen LogP contribution in [0.1, 0.15) is 24.2 Å². The number of fused-ring (bicyclic) bond motifs is 1. The first-order valence-corrected chi connectivity index (χ1v) is 5.80. The van der Waals surface area contributed by atoms with Crippen molar-refractivity contribution in [1.82, 2.24) is 0 Å². The molecule has 6 heteroatoms. The Balaban J connectivity index is 2.58. The number of aliphatic hydroxyl groups excluding tert-OH is 1. The van der Waals surface area contributed by atoms with Crippen LogP contribution < -0.4 is 9.47 Å². The monoisotopic (exact) mass is 272 g/mol. The zero-order valence-electron chi connectivity index (χ0n) is 9.94. The van der Waals surface area contributed by atoms with E-state index in [0.717, 1.165) is 0 Å². The lowest BCUT2D eigenvalue weighted by Crippen LogP contribution is -2.11. The van der Waals surface area contributed by atoms with Gasteiger partial charge in [-0.05, 0) is 13.0 Å². The van der Waals surface area contributed by atoms with Crippen LogP contribution >= 0.6 is 11.6 Å². The molecule has 0 aliphatic carbocycles. The molecule has 1 aliphatic rings. The van der Waals surface area contributed by atoms with Gasteiger partial charge in [0.1, 0.15) is 6.10 Å². The van der Waals surface area contributed by atoms with Gasteiger partial charge in [-0.2, -0.15) is 0 Å². The van der Waals surface area contributed by atoms with Gasteiger partial charge in [-0.1, -0.05) is 11.6 Å². The lowest BCUT2D eigenvalue weighted by molar-refractivity contribution is -0.146. The van der Waals surface area contributed by atoms with E-state index >= 15 is 0 Å². The molecule has 98 valence electrons. The molecule has 2 N–H and O–H groups in total. The van der Waals surface area contributed by atoms with E-state index in [2.05, 4.69) is 0 Å². The van der Waals surface area contributed by atoms with Crippen LogP contribution in [-0.4, -0.2) is 29.4 Å². The van der Waals surface area contributed by atoms with Crippen molar-refractivity contribution in [3.05, 3.63) is 22.2 Å². The lowest BCUT2D eigenvalue weighted by Gasteiger charge is -2.14. The summed E-state index contributed by atoms with van der Waals surface area (Å²) in [7, 11) is 1.45. The minimum atomic E-state index is -1.67. The normalized spacial score (nSPS) is 19.0. The number of hydrogen-bond acceptors (Lipinski definition) is 4. The largest absolute Gasteiger partial charge is 0.493 e. The summed E-state index contributed by atoms with van der Waals surface area (Å²) < 4.78 is 10.7. The average Bonchev–Trinajstić information content (AvgIpc) is 2.71. The number of hydrogen-bond donors (Lipinski definition) is 2. The number of carbonyl (C=O) groups is 1. The van der Waals surface area contributed by atoms with E-state index < -0.39 is 12.1 Å². The summed E-state index contributed by atoms with van der Waals surface area (Å²) in [6, 6.07) is 1.40. The first kappa shape index (κ1) is 13.0. The molecule has 0 fully saturated rings. The Morgan fingerprint density at radius 1 is 1.67 bits per heavy atom. The molecule has 2 atom stereocenters. The summed E-state index contributed by atoms with van der Waals surface area (Å²) in [5.41, 5.74) is 0.802. The van der Waals surface area contributed by atoms with Gasteiger partial charge >= 0.3 is 5.97 Å². The second-order valence-corrected chi connectivity index (χ2v) is 4.54. The first-order valence-electron chi connectivity index (χ1n) is 5.42. The molecular weight excluding hydrogens is 260 g/mol. The summed E-state index contributed by atoms with van der Waals surface area (Å²) >= 11 is 6.13. The second kappa shape index (κ2) is 4.66. The summed E-state index contributed by atoms with van der Waals surface area (Å²) in [6.07, 6.45) is -1.17. The summed E-state index contributed by atoms with van der Waals surface area (Å²) in [4.78, 5) is 10.8. The number of rotatable bonds is 3. The van der Waals surface area contributed by atoms with Gasteiger partial charge in [-0.25, -0.2) is 4.79 Å². The maximum atomic E-state index is 10.8. The maximum absolute atomic E-state index is 10.8. The van der Waals surface area contributed by atoms with Gasteiger partial charge in [0.05, 0.1) is 12.1 Å². The molecule has 0 saturated heterocycles. The highest BCUT2D eigenvalue weighted by atomic mass is 35.5. The van der Waals surface area contributed by atoms with Crippen molar-refractivity contribution in [1.29, 1.82) is 0 Å².